The van der Waals surface area contributed by atoms with Crippen LogP contribution in [0, 0.1) is 0 Å². The number of para-hydroxylation sites is 1. The zero-order valence-corrected chi connectivity index (χ0v) is 15.7. The first-order valence-corrected chi connectivity index (χ1v) is 9.20. The average molecular weight is 389 g/mol. The molecule has 0 aliphatic carbocycles. The molecule has 0 saturated heterocycles. The number of rotatable bonds is 5. The van der Waals surface area contributed by atoms with Gasteiger partial charge in [0.1, 0.15) is 12.4 Å². The van der Waals surface area contributed by atoms with Gasteiger partial charge in [-0.15, -0.1) is 0 Å². The number of benzene rings is 3. The van der Waals surface area contributed by atoms with Crippen LogP contribution in [0.1, 0.15) is 17.0 Å². The van der Waals surface area contributed by atoms with E-state index in [-0.39, 0.29) is 5.56 Å². The lowest BCUT2D eigenvalue weighted by molar-refractivity contribution is 0.306. The third-order valence-electron chi connectivity index (χ3n) is 4.24. The van der Waals surface area contributed by atoms with Crippen LogP contribution in [-0.4, -0.2) is 9.97 Å². The Kier molecular flexibility index (Phi) is 5.22. The first kappa shape index (κ1) is 18.0. The maximum atomic E-state index is 12.2. The maximum absolute atomic E-state index is 12.2. The van der Waals surface area contributed by atoms with Gasteiger partial charge in [0.25, 0.3) is 5.56 Å². The smallest absolute Gasteiger partial charge is 0.259 e. The molecule has 0 bridgehead atoms. The largest absolute Gasteiger partial charge is 0.489 e. The molecule has 0 aliphatic heterocycles. The summed E-state index contributed by atoms with van der Waals surface area (Å²) in [6.45, 7) is 0.487. The Balaban J connectivity index is 1.57. The lowest BCUT2D eigenvalue weighted by Gasteiger charge is -2.07. The van der Waals surface area contributed by atoms with Gasteiger partial charge in [0.05, 0.1) is 15.9 Å². The van der Waals surface area contributed by atoms with Gasteiger partial charge in [-0.05, 0) is 41.5 Å². The van der Waals surface area contributed by atoms with Crippen molar-refractivity contribution < 1.29 is 4.74 Å². The molecule has 0 fully saturated rings. The lowest BCUT2D eigenvalue weighted by atomic mass is 10.2. The maximum Gasteiger partial charge on any atom is 0.259 e. The van der Waals surface area contributed by atoms with E-state index in [1.807, 2.05) is 60.7 Å². The van der Waals surface area contributed by atoms with E-state index < -0.39 is 0 Å². The average Bonchev–Trinajstić information content (AvgIpc) is 2.73. The Hall–Kier alpha value is -3.37. The minimum atomic E-state index is -0.216. The van der Waals surface area contributed by atoms with Gasteiger partial charge in [0.2, 0.25) is 0 Å². The molecule has 0 atom stereocenters. The fourth-order valence-corrected chi connectivity index (χ4v) is 3.06. The number of ether oxygens (including phenoxy) is 1. The summed E-state index contributed by atoms with van der Waals surface area (Å²) in [5.74, 6) is 1.07. The molecule has 0 saturated carbocycles. The van der Waals surface area contributed by atoms with Crippen molar-refractivity contribution in [3.8, 4) is 5.75 Å². The van der Waals surface area contributed by atoms with E-state index in [1.54, 1.807) is 24.3 Å². The van der Waals surface area contributed by atoms with Gasteiger partial charge < -0.3 is 9.72 Å². The van der Waals surface area contributed by atoms with Crippen LogP contribution in [-0.2, 0) is 6.61 Å². The standard InChI is InChI=1S/C23H17ClN2O2/c24-20(22-25-21-12-5-4-11-19(21)23(27)26-22)14-17-9-6-10-18(13-17)28-15-16-7-2-1-3-8-16/h1-14H,15H2,(H,25,26,27)/b20-14-. The molecule has 0 aliphatic rings. The quantitative estimate of drug-likeness (QED) is 0.508. The highest BCUT2D eigenvalue weighted by atomic mass is 35.5. The second-order valence-corrected chi connectivity index (χ2v) is 6.68. The number of aromatic amines is 1. The Labute approximate surface area is 167 Å². The van der Waals surface area contributed by atoms with Crippen molar-refractivity contribution in [1.29, 1.82) is 0 Å². The monoisotopic (exact) mass is 388 g/mol. The van der Waals surface area contributed by atoms with Gasteiger partial charge in [0, 0.05) is 0 Å². The highest BCUT2D eigenvalue weighted by molar-refractivity contribution is 6.50. The Morgan fingerprint density at radius 2 is 1.79 bits per heavy atom. The van der Waals surface area contributed by atoms with Crippen LogP contribution in [0.15, 0.2) is 83.7 Å². The SMILES string of the molecule is O=c1[nH]c(/C(Cl)=C/c2cccc(OCc3ccccc3)c2)nc2ccccc12. The van der Waals surface area contributed by atoms with Gasteiger partial charge in [-0.2, -0.15) is 0 Å². The fraction of sp³-hybridized carbons (Fsp3) is 0.0435. The second-order valence-electron chi connectivity index (χ2n) is 6.27. The number of aromatic nitrogens is 2. The van der Waals surface area contributed by atoms with Crippen molar-refractivity contribution in [3.63, 3.8) is 0 Å². The van der Waals surface area contributed by atoms with E-state index in [9.17, 15) is 4.79 Å². The van der Waals surface area contributed by atoms with Gasteiger partial charge in [-0.25, -0.2) is 4.98 Å². The van der Waals surface area contributed by atoms with E-state index in [0.717, 1.165) is 16.9 Å². The number of fused-ring (bicyclic) bond motifs is 1. The summed E-state index contributed by atoms with van der Waals surface area (Å²) in [5, 5.41) is 0.884. The third-order valence-corrected chi connectivity index (χ3v) is 4.53. The molecule has 0 amide bonds. The summed E-state index contributed by atoms with van der Waals surface area (Å²) < 4.78 is 5.85. The summed E-state index contributed by atoms with van der Waals surface area (Å²) >= 11 is 6.43. The number of hydrogen-bond acceptors (Lipinski definition) is 3. The summed E-state index contributed by atoms with van der Waals surface area (Å²) in [5.41, 5.74) is 2.34. The van der Waals surface area contributed by atoms with Crippen LogP contribution >= 0.6 is 11.6 Å². The van der Waals surface area contributed by atoms with Gasteiger partial charge in [-0.1, -0.05) is 66.2 Å². The molecule has 1 aromatic heterocycles. The van der Waals surface area contributed by atoms with Crippen molar-refractivity contribution >= 4 is 33.6 Å². The van der Waals surface area contributed by atoms with Crippen molar-refractivity contribution in [2.45, 2.75) is 6.61 Å². The number of nitrogens with zero attached hydrogens (tertiary/aromatic N) is 1. The predicted octanol–water partition coefficient (Wildman–Crippen LogP) is 5.24. The lowest BCUT2D eigenvalue weighted by Crippen LogP contribution is -2.10. The zero-order valence-electron chi connectivity index (χ0n) is 14.9. The molecular weight excluding hydrogens is 372 g/mol. The predicted molar refractivity (Wildman–Crippen MR) is 113 cm³/mol. The number of hydrogen-bond donors (Lipinski definition) is 1. The van der Waals surface area contributed by atoms with Crippen LogP contribution in [0.4, 0.5) is 0 Å². The van der Waals surface area contributed by atoms with Crippen LogP contribution in [0.2, 0.25) is 0 Å². The molecule has 1 heterocycles. The molecule has 0 unspecified atom stereocenters. The molecule has 4 aromatic rings. The minimum Gasteiger partial charge on any atom is -0.489 e. The molecule has 138 valence electrons. The summed E-state index contributed by atoms with van der Waals surface area (Å²) in [7, 11) is 0. The second kappa shape index (κ2) is 8.11. The van der Waals surface area contributed by atoms with Gasteiger partial charge in [0.15, 0.2) is 5.82 Å². The number of nitrogens with one attached hydrogen (secondary N) is 1. The van der Waals surface area contributed by atoms with E-state index in [2.05, 4.69) is 9.97 Å². The van der Waals surface area contributed by atoms with Crippen LogP contribution in [0.25, 0.3) is 22.0 Å². The molecule has 3 aromatic carbocycles. The Bertz CT molecular complexity index is 1200. The summed E-state index contributed by atoms with van der Waals surface area (Å²) in [6.07, 6.45) is 1.75. The first-order chi connectivity index (χ1) is 13.7. The highest BCUT2D eigenvalue weighted by Gasteiger charge is 2.07. The zero-order chi connectivity index (χ0) is 19.3. The molecule has 4 nitrogen and oxygen atoms in total. The molecular formula is C23H17ClN2O2. The van der Waals surface area contributed by atoms with Crippen LogP contribution in [0.3, 0.4) is 0 Å². The normalized spacial score (nSPS) is 11.5. The molecule has 4 rings (SSSR count). The molecule has 1 N–H and O–H groups in total. The van der Waals surface area contributed by atoms with Crippen molar-refractivity contribution in [2.75, 3.05) is 0 Å². The van der Waals surface area contributed by atoms with E-state index >= 15 is 0 Å². The minimum absolute atomic E-state index is 0.216. The number of halogens is 1. The van der Waals surface area contributed by atoms with Crippen LogP contribution < -0.4 is 10.3 Å². The molecule has 28 heavy (non-hydrogen) atoms. The Morgan fingerprint density at radius 3 is 2.64 bits per heavy atom. The molecule has 0 radical (unpaired) electrons. The molecule has 5 heteroatoms. The fourth-order valence-electron chi connectivity index (χ4n) is 2.85. The summed E-state index contributed by atoms with van der Waals surface area (Å²) in [4.78, 5) is 19.4. The molecule has 0 spiro atoms. The van der Waals surface area contributed by atoms with Crippen LogP contribution in [0.5, 0.6) is 5.75 Å². The van der Waals surface area contributed by atoms with E-state index in [1.165, 1.54) is 0 Å². The van der Waals surface area contributed by atoms with E-state index in [0.29, 0.717) is 28.4 Å². The van der Waals surface area contributed by atoms with Crippen molar-refractivity contribution in [2.24, 2.45) is 0 Å². The van der Waals surface area contributed by atoms with Crippen molar-refractivity contribution in [3.05, 3.63) is 106 Å². The third kappa shape index (κ3) is 4.13. The van der Waals surface area contributed by atoms with Gasteiger partial charge in [-0.3, -0.25) is 4.79 Å². The highest BCUT2D eigenvalue weighted by Crippen LogP contribution is 2.22. The Morgan fingerprint density at radius 1 is 1.00 bits per heavy atom. The van der Waals surface area contributed by atoms with Gasteiger partial charge >= 0.3 is 0 Å². The van der Waals surface area contributed by atoms with E-state index in [4.69, 9.17) is 16.3 Å². The topological polar surface area (TPSA) is 55.0 Å². The van der Waals surface area contributed by atoms with Crippen molar-refractivity contribution in [1.82, 2.24) is 9.97 Å². The first-order valence-electron chi connectivity index (χ1n) is 8.82. The summed E-state index contributed by atoms with van der Waals surface area (Å²) in [6, 6.07) is 24.7. The number of H-pyrrole nitrogens is 1.